The first-order valence-corrected chi connectivity index (χ1v) is 7.98. The Labute approximate surface area is 126 Å². The summed E-state index contributed by atoms with van der Waals surface area (Å²) in [5.41, 5.74) is 0.465. The average Bonchev–Trinajstić information content (AvgIpc) is 2.44. The van der Waals surface area contributed by atoms with Crippen LogP contribution in [0.5, 0.6) is 0 Å². The van der Waals surface area contributed by atoms with Crippen molar-refractivity contribution in [3.8, 4) is 11.8 Å². The summed E-state index contributed by atoms with van der Waals surface area (Å²) in [5.74, 6) is 5.12. The first kappa shape index (κ1) is 17.6. The molecule has 116 valence electrons. The largest absolute Gasteiger partial charge is 0.384 e. The zero-order valence-electron chi connectivity index (χ0n) is 12.6. The normalized spacial score (nSPS) is 11.5. The molecule has 0 spiro atoms. The number of hydrogen-bond acceptors (Lipinski definition) is 5. The summed E-state index contributed by atoms with van der Waals surface area (Å²) in [7, 11) is 1.88. The van der Waals surface area contributed by atoms with Crippen molar-refractivity contribution in [2.45, 2.75) is 11.3 Å². The monoisotopic (exact) mass is 311 g/mol. The summed E-state index contributed by atoms with van der Waals surface area (Å²) in [5, 5.41) is 8.66. The molecule has 0 aliphatic heterocycles. The minimum atomic E-state index is -3.56. The third kappa shape index (κ3) is 5.44. The lowest BCUT2D eigenvalue weighted by molar-refractivity contribution is 0.350. The van der Waals surface area contributed by atoms with E-state index in [4.69, 9.17) is 5.11 Å². The molecule has 0 aliphatic carbocycles. The van der Waals surface area contributed by atoms with Gasteiger partial charge in [-0.15, -0.1) is 0 Å². The first-order valence-electron chi connectivity index (χ1n) is 6.54. The Morgan fingerprint density at radius 3 is 2.57 bits per heavy atom. The van der Waals surface area contributed by atoms with Crippen LogP contribution in [0.25, 0.3) is 0 Å². The Morgan fingerprint density at radius 2 is 1.95 bits per heavy atom. The summed E-state index contributed by atoms with van der Waals surface area (Å²) in [6.07, 6.45) is 3.52. The molecule has 0 radical (unpaired) electrons. The van der Waals surface area contributed by atoms with E-state index in [-0.39, 0.29) is 11.5 Å². The highest BCUT2D eigenvalue weighted by Gasteiger charge is 2.20. The van der Waals surface area contributed by atoms with Crippen molar-refractivity contribution in [3.63, 3.8) is 0 Å². The zero-order chi connectivity index (χ0) is 15.9. The number of aromatic nitrogens is 1. The van der Waals surface area contributed by atoms with Crippen LogP contribution in [0.1, 0.15) is 12.0 Å². The molecule has 0 aliphatic rings. The van der Waals surface area contributed by atoms with Gasteiger partial charge in [-0.05, 0) is 33.1 Å². The Morgan fingerprint density at radius 1 is 1.24 bits per heavy atom. The van der Waals surface area contributed by atoms with Gasteiger partial charge >= 0.3 is 0 Å². The molecular weight excluding hydrogens is 290 g/mol. The van der Waals surface area contributed by atoms with Crippen LogP contribution in [0.2, 0.25) is 0 Å². The molecule has 0 fully saturated rings. The second-order valence-corrected chi connectivity index (χ2v) is 6.90. The van der Waals surface area contributed by atoms with E-state index in [2.05, 4.69) is 16.8 Å². The fraction of sp³-hybridized carbons (Fsp3) is 0.500. The lowest BCUT2D eigenvalue weighted by atomic mass is 10.3. The summed E-state index contributed by atoms with van der Waals surface area (Å²) in [6, 6.07) is 1.47. The number of aliphatic hydroxyl groups is 1. The molecular formula is C14H21N3O3S. The van der Waals surface area contributed by atoms with E-state index in [1.54, 1.807) is 7.05 Å². The number of rotatable bonds is 6. The molecule has 0 saturated carbocycles. The fourth-order valence-corrected chi connectivity index (χ4v) is 2.88. The topological polar surface area (TPSA) is 73.7 Å². The summed E-state index contributed by atoms with van der Waals surface area (Å²) >= 11 is 0. The van der Waals surface area contributed by atoms with Crippen molar-refractivity contribution in [1.82, 2.24) is 14.2 Å². The van der Waals surface area contributed by atoms with Crippen LogP contribution in [0.4, 0.5) is 0 Å². The average molecular weight is 311 g/mol. The van der Waals surface area contributed by atoms with Crippen LogP contribution in [0, 0.1) is 11.8 Å². The van der Waals surface area contributed by atoms with Gasteiger partial charge in [0.05, 0.1) is 0 Å². The third-order valence-electron chi connectivity index (χ3n) is 2.81. The number of pyridine rings is 1. The molecule has 1 N–H and O–H groups in total. The number of nitrogens with zero attached hydrogens (tertiary/aromatic N) is 3. The minimum absolute atomic E-state index is 0.111. The number of aliphatic hydroxyl groups excluding tert-OH is 1. The van der Waals surface area contributed by atoms with Crippen LogP contribution >= 0.6 is 0 Å². The third-order valence-corrected chi connectivity index (χ3v) is 4.63. The second kappa shape index (κ2) is 8.10. The molecule has 0 saturated heterocycles. The maximum Gasteiger partial charge on any atom is 0.244 e. The second-order valence-electron chi connectivity index (χ2n) is 4.85. The highest BCUT2D eigenvalue weighted by atomic mass is 32.2. The van der Waals surface area contributed by atoms with Gasteiger partial charge in [0.15, 0.2) is 0 Å². The molecule has 1 rings (SSSR count). The van der Waals surface area contributed by atoms with E-state index in [1.807, 2.05) is 19.0 Å². The number of sulfonamides is 1. The lowest BCUT2D eigenvalue weighted by Gasteiger charge is -2.18. The number of hydrogen-bond donors (Lipinski definition) is 1. The van der Waals surface area contributed by atoms with Crippen molar-refractivity contribution in [3.05, 3.63) is 24.0 Å². The molecule has 0 amide bonds. The van der Waals surface area contributed by atoms with E-state index in [9.17, 15) is 8.42 Å². The SMILES string of the molecule is CN(C)CCCN(C)S(=O)(=O)c1cncc(C#CCO)c1. The van der Waals surface area contributed by atoms with Gasteiger partial charge < -0.3 is 10.0 Å². The van der Waals surface area contributed by atoms with Crippen molar-refractivity contribution in [1.29, 1.82) is 0 Å². The van der Waals surface area contributed by atoms with Crippen LogP contribution in [-0.4, -0.2) is 68.6 Å². The summed E-state index contributed by atoms with van der Waals surface area (Å²) in [6.45, 7) is 0.981. The molecule has 6 nitrogen and oxygen atoms in total. The molecule has 1 aromatic rings. The standard InChI is InChI=1S/C14H21N3O3S/c1-16(2)7-5-8-17(3)21(19,20)14-10-13(6-4-9-18)11-15-12-14/h10-12,18H,5,7-9H2,1-3H3. The molecule has 1 heterocycles. The van der Waals surface area contributed by atoms with E-state index in [1.165, 1.54) is 22.8 Å². The van der Waals surface area contributed by atoms with Crippen LogP contribution in [-0.2, 0) is 10.0 Å². The predicted octanol–water partition coefficient (Wildman–Crippen LogP) is -0.00240. The minimum Gasteiger partial charge on any atom is -0.384 e. The quantitative estimate of drug-likeness (QED) is 0.749. The Hall–Kier alpha value is -1.46. The van der Waals surface area contributed by atoms with Gasteiger partial charge in [-0.25, -0.2) is 12.7 Å². The molecule has 1 aromatic heterocycles. The van der Waals surface area contributed by atoms with E-state index >= 15 is 0 Å². The molecule has 0 aromatic carbocycles. The van der Waals surface area contributed by atoms with Gasteiger partial charge in [0.2, 0.25) is 10.0 Å². The van der Waals surface area contributed by atoms with Crippen molar-refractivity contribution >= 4 is 10.0 Å². The maximum atomic E-state index is 12.4. The fourth-order valence-electron chi connectivity index (χ4n) is 1.68. The Balaban J connectivity index is 2.86. The van der Waals surface area contributed by atoms with E-state index in [0.29, 0.717) is 12.1 Å². The Kier molecular flexibility index (Phi) is 6.78. The molecule has 7 heteroatoms. The predicted molar refractivity (Wildman–Crippen MR) is 81.2 cm³/mol. The molecule has 0 unspecified atom stereocenters. The highest BCUT2D eigenvalue weighted by molar-refractivity contribution is 7.89. The van der Waals surface area contributed by atoms with E-state index in [0.717, 1.165) is 13.0 Å². The van der Waals surface area contributed by atoms with Crippen LogP contribution in [0.3, 0.4) is 0 Å². The highest BCUT2D eigenvalue weighted by Crippen LogP contribution is 2.14. The summed E-state index contributed by atoms with van der Waals surface area (Å²) < 4.78 is 26.1. The maximum absolute atomic E-state index is 12.4. The summed E-state index contributed by atoms with van der Waals surface area (Å²) in [4.78, 5) is 6.01. The molecule has 0 bridgehead atoms. The molecule has 0 atom stereocenters. The van der Waals surface area contributed by atoms with Gasteiger partial charge in [0, 0.05) is 31.5 Å². The van der Waals surface area contributed by atoms with Crippen molar-refractivity contribution in [2.75, 3.05) is 40.8 Å². The lowest BCUT2D eigenvalue weighted by Crippen LogP contribution is -2.30. The van der Waals surface area contributed by atoms with Crippen molar-refractivity contribution in [2.24, 2.45) is 0 Å². The van der Waals surface area contributed by atoms with Gasteiger partial charge in [-0.2, -0.15) is 0 Å². The smallest absolute Gasteiger partial charge is 0.244 e. The van der Waals surface area contributed by atoms with Gasteiger partial charge in [0.25, 0.3) is 0 Å². The first-order chi connectivity index (χ1) is 9.87. The van der Waals surface area contributed by atoms with Gasteiger partial charge in [0.1, 0.15) is 11.5 Å². The van der Waals surface area contributed by atoms with Gasteiger partial charge in [-0.3, -0.25) is 4.98 Å². The van der Waals surface area contributed by atoms with Gasteiger partial charge in [-0.1, -0.05) is 11.8 Å². The molecule has 21 heavy (non-hydrogen) atoms. The van der Waals surface area contributed by atoms with E-state index < -0.39 is 10.0 Å². The van der Waals surface area contributed by atoms with Crippen LogP contribution in [0.15, 0.2) is 23.4 Å². The zero-order valence-corrected chi connectivity index (χ0v) is 13.4. The van der Waals surface area contributed by atoms with Crippen molar-refractivity contribution < 1.29 is 13.5 Å². The van der Waals surface area contributed by atoms with Crippen LogP contribution < -0.4 is 0 Å². The Bertz CT molecular complexity index is 618.